The summed E-state index contributed by atoms with van der Waals surface area (Å²) in [6, 6.07) is 13.6. The lowest BCUT2D eigenvalue weighted by Crippen LogP contribution is -2.42. The van der Waals surface area contributed by atoms with E-state index in [2.05, 4.69) is 0 Å². The molecule has 0 aromatic heterocycles. The molecule has 4 nitrogen and oxygen atoms in total. The van der Waals surface area contributed by atoms with Gasteiger partial charge < -0.3 is 14.9 Å². The van der Waals surface area contributed by atoms with E-state index in [1.807, 2.05) is 24.3 Å². The molecule has 2 aromatic rings. The van der Waals surface area contributed by atoms with Crippen molar-refractivity contribution in [1.29, 1.82) is 0 Å². The van der Waals surface area contributed by atoms with Gasteiger partial charge in [-0.05, 0) is 48.6 Å². The van der Waals surface area contributed by atoms with Crippen LogP contribution in [-0.4, -0.2) is 27.5 Å². The van der Waals surface area contributed by atoms with Crippen LogP contribution >= 0.6 is 23.4 Å². The fraction of sp³-hybridized carbons (Fsp3) is 0.278. The Labute approximate surface area is 150 Å². The van der Waals surface area contributed by atoms with Crippen LogP contribution in [0, 0.1) is 0 Å². The molecule has 128 valence electrons. The average Bonchev–Trinajstić information content (AvgIpc) is 2.55. The van der Waals surface area contributed by atoms with Crippen LogP contribution in [0.25, 0.3) is 0 Å². The van der Waals surface area contributed by atoms with Gasteiger partial charge in [0.1, 0.15) is 11.5 Å². The predicted octanol–water partition coefficient (Wildman–Crippen LogP) is 4.59. The molecule has 0 heterocycles. The summed E-state index contributed by atoms with van der Waals surface area (Å²) in [4.78, 5) is 11.6. The Bertz CT molecular complexity index is 690. The lowest BCUT2D eigenvalue weighted by molar-refractivity contribution is -0.153. The SMILES string of the molecule is CC(CCSCc1ccccc1Cl)(Oc1ccc(O)cc1)C(=O)O. The fourth-order valence-corrected chi connectivity index (χ4v) is 3.47. The van der Waals surface area contributed by atoms with E-state index in [1.165, 1.54) is 12.1 Å². The number of phenols is 1. The minimum absolute atomic E-state index is 0.106. The summed E-state index contributed by atoms with van der Waals surface area (Å²) in [5.74, 6) is 0.832. The molecule has 0 fully saturated rings. The second-order valence-electron chi connectivity index (χ2n) is 5.53. The van der Waals surface area contributed by atoms with Crippen molar-refractivity contribution in [3.05, 3.63) is 59.1 Å². The number of rotatable bonds is 8. The quantitative estimate of drug-likeness (QED) is 0.669. The Kier molecular flexibility index (Phi) is 6.40. The molecule has 1 atom stereocenters. The summed E-state index contributed by atoms with van der Waals surface area (Å²) in [7, 11) is 0. The minimum Gasteiger partial charge on any atom is -0.508 e. The highest BCUT2D eigenvalue weighted by Gasteiger charge is 2.35. The smallest absolute Gasteiger partial charge is 0.347 e. The topological polar surface area (TPSA) is 66.8 Å². The highest BCUT2D eigenvalue weighted by atomic mass is 35.5. The molecule has 24 heavy (non-hydrogen) atoms. The maximum Gasteiger partial charge on any atom is 0.347 e. The molecule has 0 aliphatic heterocycles. The fourth-order valence-electron chi connectivity index (χ4n) is 2.04. The maximum atomic E-state index is 11.6. The molecule has 0 bridgehead atoms. The Morgan fingerprint density at radius 3 is 2.50 bits per heavy atom. The van der Waals surface area contributed by atoms with Crippen LogP contribution in [0.2, 0.25) is 5.02 Å². The molecule has 2 aromatic carbocycles. The first-order valence-corrected chi connectivity index (χ1v) is 8.96. The maximum absolute atomic E-state index is 11.6. The van der Waals surface area contributed by atoms with E-state index in [4.69, 9.17) is 16.3 Å². The monoisotopic (exact) mass is 366 g/mol. The molecule has 2 rings (SSSR count). The van der Waals surface area contributed by atoms with Crippen molar-refractivity contribution in [3.8, 4) is 11.5 Å². The van der Waals surface area contributed by atoms with Crippen molar-refractivity contribution in [2.75, 3.05) is 5.75 Å². The summed E-state index contributed by atoms with van der Waals surface area (Å²) in [6.45, 7) is 1.55. The summed E-state index contributed by atoms with van der Waals surface area (Å²) in [5.41, 5.74) is -0.301. The molecule has 1 unspecified atom stereocenters. The van der Waals surface area contributed by atoms with Crippen LogP contribution < -0.4 is 4.74 Å². The third-order valence-electron chi connectivity index (χ3n) is 3.57. The number of ether oxygens (including phenoxy) is 1. The number of carboxylic acid groups (broad SMARTS) is 1. The Balaban J connectivity index is 1.91. The Morgan fingerprint density at radius 2 is 1.88 bits per heavy atom. The zero-order valence-corrected chi connectivity index (χ0v) is 14.8. The highest BCUT2D eigenvalue weighted by Crippen LogP contribution is 2.27. The van der Waals surface area contributed by atoms with Gasteiger partial charge >= 0.3 is 5.97 Å². The first-order chi connectivity index (χ1) is 11.4. The molecule has 6 heteroatoms. The number of carbonyl (C=O) groups is 1. The van der Waals surface area contributed by atoms with Crippen LogP contribution in [0.15, 0.2) is 48.5 Å². The zero-order chi connectivity index (χ0) is 17.6. The van der Waals surface area contributed by atoms with Crippen molar-refractivity contribution in [2.45, 2.75) is 24.7 Å². The van der Waals surface area contributed by atoms with Gasteiger partial charge in [0.25, 0.3) is 0 Å². The van der Waals surface area contributed by atoms with Crippen molar-refractivity contribution >= 4 is 29.3 Å². The van der Waals surface area contributed by atoms with Gasteiger partial charge in [0, 0.05) is 17.2 Å². The second kappa shape index (κ2) is 8.31. The molecule has 0 amide bonds. The summed E-state index contributed by atoms with van der Waals surface area (Å²) >= 11 is 7.72. The van der Waals surface area contributed by atoms with Gasteiger partial charge in [-0.15, -0.1) is 0 Å². The van der Waals surface area contributed by atoms with Gasteiger partial charge in [-0.25, -0.2) is 4.79 Å². The first-order valence-electron chi connectivity index (χ1n) is 7.43. The number of carboxylic acids is 1. The molecule has 0 spiro atoms. The molecular weight excluding hydrogens is 348 g/mol. The van der Waals surface area contributed by atoms with Crippen molar-refractivity contribution < 1.29 is 19.7 Å². The summed E-state index contributed by atoms with van der Waals surface area (Å²) in [6.07, 6.45) is 0.346. The zero-order valence-electron chi connectivity index (χ0n) is 13.2. The number of aromatic hydroxyl groups is 1. The van der Waals surface area contributed by atoms with Crippen LogP contribution in [0.3, 0.4) is 0 Å². The predicted molar refractivity (Wildman–Crippen MR) is 97.0 cm³/mol. The Morgan fingerprint density at radius 1 is 1.21 bits per heavy atom. The molecular formula is C18H19ClO4S. The molecule has 0 radical (unpaired) electrons. The van der Waals surface area contributed by atoms with Crippen LogP contribution in [0.5, 0.6) is 11.5 Å². The van der Waals surface area contributed by atoms with Gasteiger partial charge in [0.2, 0.25) is 5.60 Å². The lowest BCUT2D eigenvalue weighted by Gasteiger charge is -2.26. The number of thioether (sulfide) groups is 1. The van der Waals surface area contributed by atoms with E-state index < -0.39 is 11.6 Å². The van der Waals surface area contributed by atoms with E-state index in [1.54, 1.807) is 30.8 Å². The lowest BCUT2D eigenvalue weighted by atomic mass is 10.0. The molecule has 0 saturated carbocycles. The van der Waals surface area contributed by atoms with E-state index in [9.17, 15) is 15.0 Å². The number of aliphatic carboxylic acids is 1. The number of benzene rings is 2. The van der Waals surface area contributed by atoms with E-state index >= 15 is 0 Å². The largest absolute Gasteiger partial charge is 0.508 e. The summed E-state index contributed by atoms with van der Waals surface area (Å²) < 4.78 is 5.64. The van der Waals surface area contributed by atoms with Crippen LogP contribution in [0.4, 0.5) is 0 Å². The van der Waals surface area contributed by atoms with E-state index in [-0.39, 0.29) is 5.75 Å². The third kappa shape index (κ3) is 5.08. The molecule has 0 aliphatic rings. The number of hydrogen-bond acceptors (Lipinski definition) is 4. The van der Waals surface area contributed by atoms with Crippen molar-refractivity contribution in [2.24, 2.45) is 0 Å². The van der Waals surface area contributed by atoms with Crippen LogP contribution in [-0.2, 0) is 10.5 Å². The van der Waals surface area contributed by atoms with Crippen molar-refractivity contribution in [3.63, 3.8) is 0 Å². The first kappa shape index (κ1) is 18.5. The van der Waals surface area contributed by atoms with Gasteiger partial charge in [0.05, 0.1) is 0 Å². The minimum atomic E-state index is -1.33. The number of phenolic OH excluding ortho intramolecular Hbond substituents is 1. The van der Waals surface area contributed by atoms with Gasteiger partial charge in [0.15, 0.2) is 0 Å². The average molecular weight is 367 g/mol. The molecule has 0 saturated heterocycles. The third-order valence-corrected chi connectivity index (χ3v) is 4.95. The van der Waals surface area contributed by atoms with Gasteiger partial charge in [-0.1, -0.05) is 29.8 Å². The summed E-state index contributed by atoms with van der Waals surface area (Å²) in [5, 5.41) is 19.5. The second-order valence-corrected chi connectivity index (χ2v) is 7.04. The van der Waals surface area contributed by atoms with Gasteiger partial charge in [-0.3, -0.25) is 0 Å². The van der Waals surface area contributed by atoms with Crippen LogP contribution in [0.1, 0.15) is 18.9 Å². The van der Waals surface area contributed by atoms with E-state index in [0.717, 1.165) is 5.56 Å². The van der Waals surface area contributed by atoms with E-state index in [0.29, 0.717) is 28.7 Å². The standard InChI is InChI=1S/C18H19ClO4S/c1-18(17(21)22,23-15-8-6-14(20)7-9-15)10-11-24-12-13-4-2-3-5-16(13)19/h2-9,20H,10-12H2,1H3,(H,21,22). The van der Waals surface area contributed by atoms with Crippen molar-refractivity contribution in [1.82, 2.24) is 0 Å². The highest BCUT2D eigenvalue weighted by molar-refractivity contribution is 7.98. The Hall–Kier alpha value is -1.85. The molecule has 2 N–H and O–H groups in total. The van der Waals surface area contributed by atoms with Gasteiger partial charge in [-0.2, -0.15) is 11.8 Å². The normalized spacial score (nSPS) is 13.2. The molecule has 0 aliphatic carbocycles. The number of halogens is 1. The number of hydrogen-bond donors (Lipinski definition) is 2.